The number of methoxy groups -OCH3 is 1. The quantitative estimate of drug-likeness (QED) is 0.402. The molecule has 0 saturated carbocycles. The van der Waals surface area contributed by atoms with Crippen LogP contribution in [0.5, 0.6) is 5.75 Å². The fraction of sp³-hybridized carbons (Fsp3) is 0.0952. The zero-order valence-corrected chi connectivity index (χ0v) is 16.8. The van der Waals surface area contributed by atoms with Crippen LogP contribution in [0.2, 0.25) is 5.02 Å². The van der Waals surface area contributed by atoms with Gasteiger partial charge >= 0.3 is 0 Å². The molecule has 0 atom stereocenters. The van der Waals surface area contributed by atoms with Gasteiger partial charge in [0.25, 0.3) is 0 Å². The number of nitrogens with zero attached hydrogens (tertiary/aromatic N) is 2. The smallest absolute Gasteiger partial charge is 0.230 e. The third-order valence-corrected chi connectivity index (χ3v) is 4.98. The van der Waals surface area contributed by atoms with Gasteiger partial charge in [0, 0.05) is 22.9 Å². The maximum absolute atomic E-state index is 12.2. The first-order valence-electron chi connectivity index (χ1n) is 8.36. The monoisotopic (exact) mass is 412 g/mol. The van der Waals surface area contributed by atoms with Gasteiger partial charge in [-0.1, -0.05) is 11.6 Å². The molecule has 1 aromatic heterocycles. The van der Waals surface area contributed by atoms with Crippen molar-refractivity contribution in [3.63, 3.8) is 0 Å². The number of amides is 1. The first-order valence-corrected chi connectivity index (χ1v) is 9.62. The molecular weight excluding hydrogens is 396 g/mol. The lowest BCUT2D eigenvalue weighted by atomic mass is 10.1. The fourth-order valence-corrected chi connectivity index (χ4v) is 3.47. The molecule has 2 aromatic carbocycles. The van der Waals surface area contributed by atoms with E-state index in [1.807, 2.05) is 0 Å². The van der Waals surface area contributed by atoms with Crippen LogP contribution in [0.1, 0.15) is 23.0 Å². The molecule has 0 bridgehead atoms. The number of aromatic nitrogens is 1. The Morgan fingerprint density at radius 2 is 1.79 bits per heavy atom. The topological polar surface area (TPSA) is 59.5 Å². The van der Waals surface area contributed by atoms with Gasteiger partial charge < -0.3 is 4.74 Å². The molecule has 0 fully saturated rings. The molecule has 0 aliphatic heterocycles. The van der Waals surface area contributed by atoms with E-state index in [2.05, 4.69) is 4.98 Å². The number of ketones is 1. The lowest BCUT2D eigenvalue weighted by Gasteiger charge is -2.18. The predicted octanol–water partition coefficient (Wildman–Crippen LogP) is 5.39. The molecule has 0 N–H and O–H groups in total. The van der Waals surface area contributed by atoms with E-state index in [1.54, 1.807) is 67.1 Å². The number of hydrogen-bond acceptors (Lipinski definition) is 5. The summed E-state index contributed by atoms with van der Waals surface area (Å²) in [5.74, 6) is 0.396. The number of thiazole rings is 1. The molecule has 0 saturated heterocycles. The Kier molecular flexibility index (Phi) is 6.23. The van der Waals surface area contributed by atoms with Crippen LogP contribution in [0.3, 0.4) is 0 Å². The highest BCUT2D eigenvalue weighted by atomic mass is 35.5. The minimum absolute atomic E-state index is 0.148. The maximum atomic E-state index is 12.2. The molecule has 0 spiro atoms. The van der Waals surface area contributed by atoms with E-state index < -0.39 is 0 Å². The van der Waals surface area contributed by atoms with Crippen LogP contribution in [0.25, 0.3) is 6.08 Å². The number of rotatable bonds is 6. The molecule has 3 rings (SSSR count). The van der Waals surface area contributed by atoms with Crippen molar-refractivity contribution in [2.45, 2.75) is 6.92 Å². The van der Waals surface area contributed by atoms with Crippen molar-refractivity contribution in [1.82, 2.24) is 4.98 Å². The fourth-order valence-electron chi connectivity index (χ4n) is 2.49. The average Bonchev–Trinajstić information content (AvgIpc) is 3.15. The summed E-state index contributed by atoms with van der Waals surface area (Å²) in [6, 6.07) is 13.8. The van der Waals surface area contributed by atoms with E-state index in [4.69, 9.17) is 16.3 Å². The number of allylic oxidation sites excluding steroid dienone is 1. The number of hydrogen-bond donors (Lipinski definition) is 0. The normalized spacial score (nSPS) is 10.8. The zero-order chi connectivity index (χ0) is 20.1. The summed E-state index contributed by atoms with van der Waals surface area (Å²) in [7, 11) is 1.59. The molecule has 0 radical (unpaired) electrons. The Morgan fingerprint density at radius 1 is 1.11 bits per heavy atom. The summed E-state index contributed by atoms with van der Waals surface area (Å²) >= 11 is 7.16. The second-order valence-corrected chi connectivity index (χ2v) is 7.08. The SMILES string of the molecule is COc1ccc(N(C(C)=O)c2nc(/C=C/C(=O)c3ccc(Cl)cc3)cs2)cc1. The standard InChI is InChI=1S/C21H17ClN2O3S/c1-14(25)24(18-8-10-19(27-2)11-9-18)21-23-17(13-28-21)7-12-20(26)15-3-5-16(22)6-4-15/h3-13H,1-2H3/b12-7+. The second kappa shape index (κ2) is 8.82. The van der Waals surface area contributed by atoms with Crippen LogP contribution in [0, 0.1) is 0 Å². The van der Waals surface area contributed by atoms with Gasteiger partial charge in [-0.3, -0.25) is 14.5 Å². The summed E-state index contributed by atoms with van der Waals surface area (Å²) in [6.45, 7) is 1.48. The summed E-state index contributed by atoms with van der Waals surface area (Å²) < 4.78 is 5.15. The molecule has 7 heteroatoms. The number of anilines is 2. The van der Waals surface area contributed by atoms with Crippen molar-refractivity contribution in [3.05, 3.63) is 76.3 Å². The molecule has 0 unspecified atom stereocenters. The van der Waals surface area contributed by atoms with Gasteiger partial charge in [-0.15, -0.1) is 11.3 Å². The van der Waals surface area contributed by atoms with Gasteiger partial charge in [-0.25, -0.2) is 4.98 Å². The van der Waals surface area contributed by atoms with Crippen LogP contribution in [-0.4, -0.2) is 23.8 Å². The van der Waals surface area contributed by atoms with E-state index in [1.165, 1.54) is 29.2 Å². The first-order chi connectivity index (χ1) is 13.5. The molecule has 0 aliphatic rings. The van der Waals surface area contributed by atoms with Crippen LogP contribution in [-0.2, 0) is 4.79 Å². The lowest BCUT2D eigenvalue weighted by Crippen LogP contribution is -2.22. The molecule has 0 aliphatic carbocycles. The van der Waals surface area contributed by atoms with Gasteiger partial charge in [0.2, 0.25) is 5.91 Å². The molecule has 28 heavy (non-hydrogen) atoms. The highest BCUT2D eigenvalue weighted by Crippen LogP contribution is 2.30. The molecule has 5 nitrogen and oxygen atoms in total. The van der Waals surface area contributed by atoms with Crippen LogP contribution in [0.15, 0.2) is 60.0 Å². The number of carbonyl (C=O) groups is 2. The Labute approximate surface area is 171 Å². The average molecular weight is 413 g/mol. The minimum Gasteiger partial charge on any atom is -0.497 e. The summed E-state index contributed by atoms with van der Waals surface area (Å²) in [4.78, 5) is 30.4. The van der Waals surface area contributed by atoms with Gasteiger partial charge in [0.15, 0.2) is 10.9 Å². The van der Waals surface area contributed by atoms with Gasteiger partial charge in [-0.05, 0) is 60.7 Å². The third kappa shape index (κ3) is 4.65. The maximum Gasteiger partial charge on any atom is 0.230 e. The van der Waals surface area contributed by atoms with E-state index in [0.29, 0.717) is 32.8 Å². The van der Waals surface area contributed by atoms with Gasteiger partial charge in [0.1, 0.15) is 5.75 Å². The number of halogens is 1. The van der Waals surface area contributed by atoms with Gasteiger partial charge in [0.05, 0.1) is 18.5 Å². The van der Waals surface area contributed by atoms with E-state index in [9.17, 15) is 9.59 Å². The van der Waals surface area contributed by atoms with Crippen molar-refractivity contribution in [2.24, 2.45) is 0 Å². The van der Waals surface area contributed by atoms with Crippen molar-refractivity contribution in [1.29, 1.82) is 0 Å². The van der Waals surface area contributed by atoms with Crippen molar-refractivity contribution in [3.8, 4) is 5.75 Å². The summed E-state index contributed by atoms with van der Waals surface area (Å²) in [5, 5.41) is 2.89. The Morgan fingerprint density at radius 3 is 2.39 bits per heavy atom. The second-order valence-electron chi connectivity index (χ2n) is 5.81. The lowest BCUT2D eigenvalue weighted by molar-refractivity contribution is -0.115. The molecule has 1 amide bonds. The molecule has 142 valence electrons. The number of carbonyl (C=O) groups excluding carboxylic acids is 2. The Hall–Kier alpha value is -2.96. The van der Waals surface area contributed by atoms with E-state index in [-0.39, 0.29) is 11.7 Å². The first kappa shape index (κ1) is 19.8. The number of ether oxygens (including phenoxy) is 1. The number of benzene rings is 2. The molecule has 1 heterocycles. The van der Waals surface area contributed by atoms with E-state index in [0.717, 1.165) is 0 Å². The molecule has 3 aromatic rings. The van der Waals surface area contributed by atoms with Crippen LogP contribution >= 0.6 is 22.9 Å². The zero-order valence-electron chi connectivity index (χ0n) is 15.3. The summed E-state index contributed by atoms with van der Waals surface area (Å²) in [6.07, 6.45) is 3.08. The molecular formula is C21H17ClN2O3S. The Balaban J connectivity index is 1.79. The van der Waals surface area contributed by atoms with Crippen molar-refractivity contribution >= 4 is 51.5 Å². The highest BCUT2D eigenvalue weighted by Gasteiger charge is 2.17. The predicted molar refractivity (Wildman–Crippen MR) is 113 cm³/mol. The summed E-state index contributed by atoms with van der Waals surface area (Å²) in [5.41, 5.74) is 1.83. The van der Waals surface area contributed by atoms with E-state index >= 15 is 0 Å². The van der Waals surface area contributed by atoms with Gasteiger partial charge in [-0.2, -0.15) is 0 Å². The highest BCUT2D eigenvalue weighted by molar-refractivity contribution is 7.14. The van der Waals surface area contributed by atoms with Crippen molar-refractivity contribution < 1.29 is 14.3 Å². The largest absolute Gasteiger partial charge is 0.497 e. The van der Waals surface area contributed by atoms with Crippen molar-refractivity contribution in [2.75, 3.05) is 12.0 Å². The Bertz CT molecular complexity index is 1010. The third-order valence-electron chi connectivity index (χ3n) is 3.88. The minimum atomic E-state index is -0.160. The van der Waals surface area contributed by atoms with Crippen LogP contribution < -0.4 is 9.64 Å². The van der Waals surface area contributed by atoms with Crippen LogP contribution in [0.4, 0.5) is 10.8 Å².